The van der Waals surface area contributed by atoms with Gasteiger partial charge in [0.05, 0.1) is 0 Å². The summed E-state index contributed by atoms with van der Waals surface area (Å²) in [6.07, 6.45) is 0. The SMILES string of the molecule is Cc1ccc(C(C)N2CC3CNCC3C2)cc1C. The van der Waals surface area contributed by atoms with Gasteiger partial charge in [0, 0.05) is 19.1 Å². The van der Waals surface area contributed by atoms with Gasteiger partial charge >= 0.3 is 0 Å². The Labute approximate surface area is 110 Å². The molecule has 98 valence electrons. The zero-order valence-corrected chi connectivity index (χ0v) is 11.7. The largest absolute Gasteiger partial charge is 0.316 e. The fraction of sp³-hybridized carbons (Fsp3) is 0.625. The summed E-state index contributed by atoms with van der Waals surface area (Å²) in [4.78, 5) is 2.67. The summed E-state index contributed by atoms with van der Waals surface area (Å²) < 4.78 is 0. The van der Waals surface area contributed by atoms with Crippen LogP contribution in [0.15, 0.2) is 18.2 Å². The summed E-state index contributed by atoms with van der Waals surface area (Å²) >= 11 is 0. The minimum absolute atomic E-state index is 0.565. The molecule has 2 saturated heterocycles. The summed E-state index contributed by atoms with van der Waals surface area (Å²) in [7, 11) is 0. The van der Waals surface area contributed by atoms with Crippen LogP contribution in [-0.2, 0) is 0 Å². The van der Waals surface area contributed by atoms with Gasteiger partial charge < -0.3 is 5.32 Å². The lowest BCUT2D eigenvalue weighted by Gasteiger charge is -2.26. The van der Waals surface area contributed by atoms with E-state index >= 15 is 0 Å². The van der Waals surface area contributed by atoms with Gasteiger partial charge in [-0.3, -0.25) is 4.90 Å². The molecular weight excluding hydrogens is 220 g/mol. The Morgan fingerprint density at radius 3 is 2.39 bits per heavy atom. The Balaban J connectivity index is 1.74. The third kappa shape index (κ3) is 2.08. The highest BCUT2D eigenvalue weighted by Crippen LogP contribution is 2.33. The third-order valence-electron chi connectivity index (χ3n) is 4.98. The van der Waals surface area contributed by atoms with E-state index in [1.165, 1.54) is 42.9 Å². The maximum absolute atomic E-state index is 3.51. The quantitative estimate of drug-likeness (QED) is 0.860. The van der Waals surface area contributed by atoms with Crippen LogP contribution in [0.4, 0.5) is 0 Å². The number of nitrogens with zero attached hydrogens (tertiary/aromatic N) is 1. The van der Waals surface area contributed by atoms with Crippen LogP contribution in [0.2, 0.25) is 0 Å². The highest BCUT2D eigenvalue weighted by atomic mass is 15.2. The topological polar surface area (TPSA) is 15.3 Å². The normalized spacial score (nSPS) is 29.5. The van der Waals surface area contributed by atoms with E-state index in [2.05, 4.69) is 49.2 Å². The number of rotatable bonds is 2. The first-order chi connectivity index (χ1) is 8.65. The van der Waals surface area contributed by atoms with Gasteiger partial charge in [-0.1, -0.05) is 18.2 Å². The molecule has 0 amide bonds. The second kappa shape index (κ2) is 4.67. The molecule has 0 spiro atoms. The van der Waals surface area contributed by atoms with Crippen LogP contribution in [0.5, 0.6) is 0 Å². The first-order valence-corrected chi connectivity index (χ1v) is 7.17. The number of fused-ring (bicyclic) bond motifs is 1. The second-order valence-corrected chi connectivity index (χ2v) is 6.15. The molecule has 1 N–H and O–H groups in total. The van der Waals surface area contributed by atoms with E-state index in [4.69, 9.17) is 0 Å². The van der Waals surface area contributed by atoms with Crippen molar-refractivity contribution in [3.05, 3.63) is 34.9 Å². The van der Waals surface area contributed by atoms with Crippen molar-refractivity contribution in [1.29, 1.82) is 0 Å². The first-order valence-electron chi connectivity index (χ1n) is 7.17. The Morgan fingerprint density at radius 1 is 1.11 bits per heavy atom. The van der Waals surface area contributed by atoms with Gasteiger partial charge in [-0.15, -0.1) is 0 Å². The lowest BCUT2D eigenvalue weighted by molar-refractivity contribution is 0.244. The van der Waals surface area contributed by atoms with Gasteiger partial charge in [-0.05, 0) is 62.4 Å². The molecule has 2 heterocycles. The smallest absolute Gasteiger partial charge is 0.0320 e. The van der Waals surface area contributed by atoms with E-state index in [0.717, 1.165) is 11.8 Å². The van der Waals surface area contributed by atoms with Gasteiger partial charge in [0.2, 0.25) is 0 Å². The van der Waals surface area contributed by atoms with E-state index in [9.17, 15) is 0 Å². The molecule has 2 nitrogen and oxygen atoms in total. The zero-order valence-electron chi connectivity index (χ0n) is 11.7. The Morgan fingerprint density at radius 2 is 1.78 bits per heavy atom. The highest BCUT2D eigenvalue weighted by Gasteiger charge is 2.37. The van der Waals surface area contributed by atoms with Crippen LogP contribution in [-0.4, -0.2) is 31.1 Å². The molecule has 0 aliphatic carbocycles. The molecule has 0 saturated carbocycles. The maximum atomic E-state index is 3.51. The standard InChI is InChI=1S/C16H24N2/c1-11-4-5-14(6-12(11)2)13(3)18-9-15-7-17-8-16(15)10-18/h4-6,13,15-17H,7-10H2,1-3H3. The Hall–Kier alpha value is -0.860. The molecular formula is C16H24N2. The van der Waals surface area contributed by atoms with Crippen LogP contribution < -0.4 is 5.32 Å². The van der Waals surface area contributed by atoms with Crippen molar-refractivity contribution in [2.45, 2.75) is 26.8 Å². The molecule has 2 heteroatoms. The minimum atomic E-state index is 0.565. The predicted molar refractivity (Wildman–Crippen MR) is 75.8 cm³/mol. The van der Waals surface area contributed by atoms with Gasteiger partial charge in [0.15, 0.2) is 0 Å². The van der Waals surface area contributed by atoms with E-state index < -0.39 is 0 Å². The Bertz CT molecular complexity index is 429. The fourth-order valence-electron chi connectivity index (χ4n) is 3.44. The molecule has 3 rings (SSSR count). The summed E-state index contributed by atoms with van der Waals surface area (Å²) in [6.45, 7) is 11.8. The van der Waals surface area contributed by atoms with E-state index in [0.29, 0.717) is 6.04 Å². The van der Waals surface area contributed by atoms with E-state index in [1.807, 2.05) is 0 Å². The van der Waals surface area contributed by atoms with Gasteiger partial charge in [-0.25, -0.2) is 0 Å². The van der Waals surface area contributed by atoms with Gasteiger partial charge in [0.1, 0.15) is 0 Å². The number of nitrogens with one attached hydrogen (secondary N) is 1. The van der Waals surface area contributed by atoms with Crippen molar-refractivity contribution in [2.75, 3.05) is 26.2 Å². The van der Waals surface area contributed by atoms with Crippen LogP contribution in [0.3, 0.4) is 0 Å². The molecule has 0 aromatic heterocycles. The zero-order chi connectivity index (χ0) is 12.7. The van der Waals surface area contributed by atoms with Crippen molar-refractivity contribution in [3.8, 4) is 0 Å². The number of benzene rings is 1. The van der Waals surface area contributed by atoms with Crippen molar-refractivity contribution >= 4 is 0 Å². The molecule has 1 aromatic carbocycles. The molecule has 3 atom stereocenters. The van der Waals surface area contributed by atoms with E-state index in [-0.39, 0.29) is 0 Å². The summed E-state index contributed by atoms with van der Waals surface area (Å²) in [5, 5.41) is 3.51. The monoisotopic (exact) mass is 244 g/mol. The number of hydrogen-bond acceptors (Lipinski definition) is 2. The summed E-state index contributed by atoms with van der Waals surface area (Å²) in [6, 6.07) is 7.50. The first kappa shape index (κ1) is 12.2. The molecule has 2 aliphatic rings. The van der Waals surface area contributed by atoms with Crippen LogP contribution in [0, 0.1) is 25.7 Å². The lowest BCUT2D eigenvalue weighted by atomic mass is 10.0. The van der Waals surface area contributed by atoms with Crippen molar-refractivity contribution in [1.82, 2.24) is 10.2 Å². The lowest BCUT2D eigenvalue weighted by Crippen LogP contribution is -2.28. The highest BCUT2D eigenvalue weighted by molar-refractivity contribution is 5.31. The summed E-state index contributed by atoms with van der Waals surface area (Å²) in [5.74, 6) is 1.78. The fourth-order valence-corrected chi connectivity index (χ4v) is 3.44. The second-order valence-electron chi connectivity index (χ2n) is 6.15. The summed E-state index contributed by atoms with van der Waals surface area (Å²) in [5.41, 5.74) is 4.29. The Kier molecular flexibility index (Phi) is 3.16. The molecule has 0 bridgehead atoms. The number of hydrogen-bond donors (Lipinski definition) is 1. The predicted octanol–water partition coefficient (Wildman–Crippen LogP) is 2.52. The van der Waals surface area contributed by atoms with Crippen molar-refractivity contribution in [3.63, 3.8) is 0 Å². The molecule has 18 heavy (non-hydrogen) atoms. The maximum Gasteiger partial charge on any atom is 0.0320 e. The van der Waals surface area contributed by atoms with Crippen LogP contribution in [0.25, 0.3) is 0 Å². The molecule has 3 unspecified atom stereocenters. The third-order valence-corrected chi connectivity index (χ3v) is 4.98. The van der Waals surface area contributed by atoms with Gasteiger partial charge in [0.25, 0.3) is 0 Å². The average molecular weight is 244 g/mol. The molecule has 2 fully saturated rings. The minimum Gasteiger partial charge on any atom is -0.316 e. The molecule has 2 aliphatic heterocycles. The van der Waals surface area contributed by atoms with Crippen LogP contribution >= 0.6 is 0 Å². The van der Waals surface area contributed by atoms with Crippen molar-refractivity contribution in [2.24, 2.45) is 11.8 Å². The number of likely N-dealkylation sites (tertiary alicyclic amines) is 1. The van der Waals surface area contributed by atoms with Crippen molar-refractivity contribution < 1.29 is 0 Å². The van der Waals surface area contributed by atoms with E-state index in [1.54, 1.807) is 0 Å². The number of aryl methyl sites for hydroxylation is 2. The van der Waals surface area contributed by atoms with Gasteiger partial charge in [-0.2, -0.15) is 0 Å². The molecule has 0 radical (unpaired) electrons. The van der Waals surface area contributed by atoms with Crippen LogP contribution in [0.1, 0.15) is 29.7 Å². The average Bonchev–Trinajstić information content (AvgIpc) is 2.92. The molecule has 1 aromatic rings.